The molecule has 1 unspecified atom stereocenters. The third kappa shape index (κ3) is 4.48. The van der Waals surface area contributed by atoms with Gasteiger partial charge in [-0.25, -0.2) is 8.42 Å². The summed E-state index contributed by atoms with van der Waals surface area (Å²) in [5.41, 5.74) is 0.734. The van der Waals surface area contributed by atoms with Crippen LogP contribution in [-0.4, -0.2) is 50.8 Å². The molecule has 1 aromatic rings. The van der Waals surface area contributed by atoms with E-state index in [9.17, 15) is 13.2 Å². The fraction of sp³-hybridized carbons (Fsp3) is 0.588. The van der Waals surface area contributed by atoms with E-state index in [-0.39, 0.29) is 5.91 Å². The standard InChI is InChI=1S/C17H26N2O4S/c1-3-7-14(4-2)24(21,22)18-16-9-6-5-8-15(16)17(20)19-10-12-23-13-11-19/h5-6,8-9,14,18H,3-4,7,10-13H2,1-2H3. The molecule has 1 fully saturated rings. The van der Waals surface area contributed by atoms with Gasteiger partial charge in [-0.05, 0) is 25.0 Å². The molecule has 0 radical (unpaired) electrons. The van der Waals surface area contributed by atoms with Crippen LogP contribution in [0.25, 0.3) is 0 Å². The lowest BCUT2D eigenvalue weighted by molar-refractivity contribution is 0.0303. The molecule has 1 heterocycles. The zero-order valence-corrected chi connectivity index (χ0v) is 15.1. The second-order valence-electron chi connectivity index (χ2n) is 5.92. The van der Waals surface area contributed by atoms with Gasteiger partial charge in [-0.1, -0.05) is 32.4 Å². The molecule has 0 aromatic heterocycles. The number of morpholine rings is 1. The molecule has 0 aliphatic carbocycles. The van der Waals surface area contributed by atoms with Crippen LogP contribution in [-0.2, 0) is 14.8 Å². The van der Waals surface area contributed by atoms with E-state index in [2.05, 4.69) is 4.72 Å². The quantitative estimate of drug-likeness (QED) is 0.816. The number of nitrogens with one attached hydrogen (secondary N) is 1. The van der Waals surface area contributed by atoms with E-state index < -0.39 is 15.3 Å². The summed E-state index contributed by atoms with van der Waals surface area (Å²) in [5, 5.41) is -0.450. The molecule has 1 aliphatic heterocycles. The van der Waals surface area contributed by atoms with Crippen LogP contribution < -0.4 is 4.72 Å². The summed E-state index contributed by atoms with van der Waals surface area (Å²) < 4.78 is 33.1. The Balaban J connectivity index is 2.23. The molecular weight excluding hydrogens is 328 g/mol. The predicted molar refractivity (Wildman–Crippen MR) is 94.7 cm³/mol. The Morgan fingerprint density at radius 3 is 2.54 bits per heavy atom. The number of hydrogen-bond donors (Lipinski definition) is 1. The molecular formula is C17H26N2O4S. The average molecular weight is 354 g/mol. The summed E-state index contributed by atoms with van der Waals surface area (Å²) >= 11 is 0. The van der Waals surface area contributed by atoms with Crippen LogP contribution in [0.1, 0.15) is 43.5 Å². The van der Waals surface area contributed by atoms with E-state index in [1.807, 2.05) is 13.8 Å². The first-order chi connectivity index (χ1) is 11.5. The third-order valence-corrected chi connectivity index (χ3v) is 6.16. The fourth-order valence-electron chi connectivity index (χ4n) is 2.83. The van der Waals surface area contributed by atoms with Gasteiger partial charge in [0.15, 0.2) is 0 Å². The van der Waals surface area contributed by atoms with Gasteiger partial charge in [0.2, 0.25) is 10.0 Å². The van der Waals surface area contributed by atoms with Crippen molar-refractivity contribution in [1.29, 1.82) is 0 Å². The summed E-state index contributed by atoms with van der Waals surface area (Å²) in [6, 6.07) is 6.78. The first kappa shape index (κ1) is 18.7. The lowest BCUT2D eigenvalue weighted by Gasteiger charge is -2.28. The van der Waals surface area contributed by atoms with E-state index in [1.165, 1.54) is 0 Å². The summed E-state index contributed by atoms with van der Waals surface area (Å²) in [5.74, 6) is -0.167. The van der Waals surface area contributed by atoms with Crippen LogP contribution >= 0.6 is 0 Å². The van der Waals surface area contributed by atoms with Crippen molar-refractivity contribution in [3.05, 3.63) is 29.8 Å². The smallest absolute Gasteiger partial charge is 0.256 e. The predicted octanol–water partition coefficient (Wildman–Crippen LogP) is 2.48. The van der Waals surface area contributed by atoms with Crippen LogP contribution in [0.2, 0.25) is 0 Å². The number of ether oxygens (including phenoxy) is 1. The third-order valence-electron chi connectivity index (χ3n) is 4.21. The van der Waals surface area contributed by atoms with Crippen molar-refractivity contribution < 1.29 is 17.9 Å². The molecule has 1 aromatic carbocycles. The van der Waals surface area contributed by atoms with Crippen molar-refractivity contribution in [2.75, 3.05) is 31.0 Å². The van der Waals surface area contributed by atoms with E-state index in [1.54, 1.807) is 29.2 Å². The van der Waals surface area contributed by atoms with Gasteiger partial charge >= 0.3 is 0 Å². The van der Waals surface area contributed by atoms with Crippen molar-refractivity contribution in [2.24, 2.45) is 0 Å². The number of carbonyl (C=O) groups is 1. The van der Waals surface area contributed by atoms with Crippen molar-refractivity contribution in [2.45, 2.75) is 38.4 Å². The summed E-state index contributed by atoms with van der Waals surface area (Å²) in [4.78, 5) is 14.4. The van der Waals surface area contributed by atoms with Gasteiger partial charge in [0.05, 0.1) is 29.7 Å². The molecule has 7 heteroatoms. The van der Waals surface area contributed by atoms with Gasteiger partial charge in [-0.3, -0.25) is 9.52 Å². The summed E-state index contributed by atoms with van der Waals surface area (Å²) in [7, 11) is -3.52. The zero-order valence-electron chi connectivity index (χ0n) is 14.3. The van der Waals surface area contributed by atoms with E-state index >= 15 is 0 Å². The monoisotopic (exact) mass is 354 g/mol. The molecule has 1 aliphatic rings. The van der Waals surface area contributed by atoms with Crippen LogP contribution in [0.15, 0.2) is 24.3 Å². The molecule has 1 atom stereocenters. The Kier molecular flexibility index (Phi) is 6.62. The Labute approximate surface area is 144 Å². The van der Waals surface area contributed by atoms with Crippen LogP contribution in [0, 0.1) is 0 Å². The van der Waals surface area contributed by atoms with Crippen molar-refractivity contribution in [1.82, 2.24) is 4.90 Å². The number of para-hydroxylation sites is 1. The number of rotatable bonds is 7. The molecule has 0 spiro atoms. The average Bonchev–Trinajstić information content (AvgIpc) is 2.59. The van der Waals surface area contributed by atoms with Crippen molar-refractivity contribution in [3.8, 4) is 0 Å². The number of anilines is 1. The number of carbonyl (C=O) groups excluding carboxylic acids is 1. The fourth-order valence-corrected chi connectivity index (χ4v) is 4.47. The highest BCUT2D eigenvalue weighted by molar-refractivity contribution is 7.93. The largest absolute Gasteiger partial charge is 0.378 e. The van der Waals surface area contributed by atoms with Gasteiger partial charge < -0.3 is 9.64 Å². The maximum atomic E-state index is 12.7. The number of amides is 1. The number of benzene rings is 1. The second-order valence-corrected chi connectivity index (χ2v) is 7.88. The van der Waals surface area contributed by atoms with Gasteiger partial charge in [0.25, 0.3) is 5.91 Å². The van der Waals surface area contributed by atoms with Crippen molar-refractivity contribution >= 4 is 21.6 Å². The highest BCUT2D eigenvalue weighted by Crippen LogP contribution is 2.22. The molecule has 1 N–H and O–H groups in total. The van der Waals surface area contributed by atoms with Crippen LogP contribution in [0.4, 0.5) is 5.69 Å². The van der Waals surface area contributed by atoms with Gasteiger partial charge in [0.1, 0.15) is 0 Å². The van der Waals surface area contributed by atoms with Gasteiger partial charge in [0, 0.05) is 13.1 Å². The molecule has 0 saturated carbocycles. The summed E-state index contributed by atoms with van der Waals surface area (Å²) in [6.45, 7) is 5.89. The Morgan fingerprint density at radius 1 is 1.25 bits per heavy atom. The minimum atomic E-state index is -3.52. The minimum Gasteiger partial charge on any atom is -0.378 e. The molecule has 6 nitrogen and oxygen atoms in total. The first-order valence-electron chi connectivity index (χ1n) is 8.47. The highest BCUT2D eigenvalue weighted by Gasteiger charge is 2.26. The Bertz CT molecular complexity index is 654. The van der Waals surface area contributed by atoms with Crippen LogP contribution in [0.5, 0.6) is 0 Å². The number of nitrogens with zero attached hydrogens (tertiary/aromatic N) is 1. The molecule has 2 rings (SSSR count). The van der Waals surface area contributed by atoms with Crippen LogP contribution in [0.3, 0.4) is 0 Å². The van der Waals surface area contributed by atoms with Gasteiger partial charge in [-0.2, -0.15) is 0 Å². The lowest BCUT2D eigenvalue weighted by Crippen LogP contribution is -2.41. The lowest BCUT2D eigenvalue weighted by atomic mass is 10.1. The zero-order chi connectivity index (χ0) is 17.6. The molecule has 0 bridgehead atoms. The van der Waals surface area contributed by atoms with E-state index in [4.69, 9.17) is 4.74 Å². The summed E-state index contributed by atoms with van der Waals surface area (Å²) in [6.07, 6.45) is 1.95. The Morgan fingerprint density at radius 2 is 1.92 bits per heavy atom. The first-order valence-corrected chi connectivity index (χ1v) is 10.0. The topological polar surface area (TPSA) is 75.7 Å². The Hall–Kier alpha value is -1.60. The van der Waals surface area contributed by atoms with Gasteiger partial charge in [-0.15, -0.1) is 0 Å². The molecule has 134 valence electrons. The number of sulfonamides is 1. The molecule has 1 saturated heterocycles. The minimum absolute atomic E-state index is 0.167. The van der Waals surface area contributed by atoms with E-state index in [0.717, 1.165) is 6.42 Å². The van der Waals surface area contributed by atoms with Crippen molar-refractivity contribution in [3.63, 3.8) is 0 Å². The maximum absolute atomic E-state index is 12.7. The number of hydrogen-bond acceptors (Lipinski definition) is 4. The second kappa shape index (κ2) is 8.48. The highest BCUT2D eigenvalue weighted by atomic mass is 32.2. The normalized spacial score (nSPS) is 16.7. The SMILES string of the molecule is CCCC(CC)S(=O)(=O)Nc1ccccc1C(=O)N1CCOCC1. The maximum Gasteiger partial charge on any atom is 0.256 e. The molecule has 24 heavy (non-hydrogen) atoms. The molecule has 1 amide bonds. The van der Waals surface area contributed by atoms with E-state index in [0.29, 0.717) is 50.4 Å².